The topological polar surface area (TPSA) is 102 Å². The molecule has 1 atom stereocenters. The van der Waals surface area contributed by atoms with Gasteiger partial charge in [-0.15, -0.1) is 0 Å². The number of carbonyl (C=O) groups excluding carboxylic acids is 1. The van der Waals surface area contributed by atoms with Crippen molar-refractivity contribution in [2.45, 2.75) is 19.5 Å². The van der Waals surface area contributed by atoms with E-state index in [-0.39, 0.29) is 17.6 Å². The van der Waals surface area contributed by atoms with Gasteiger partial charge in [-0.1, -0.05) is 0 Å². The van der Waals surface area contributed by atoms with E-state index in [1.54, 1.807) is 34.6 Å². The number of hydrogen-bond acceptors (Lipinski definition) is 4. The third kappa shape index (κ3) is 3.22. The fraction of sp³-hybridized carbons (Fsp3) is 0.333. The minimum absolute atomic E-state index is 0.0127. The van der Waals surface area contributed by atoms with E-state index < -0.39 is 5.97 Å². The maximum atomic E-state index is 11.9. The number of hydrogen-bond donors (Lipinski definition) is 2. The number of carbonyl (C=O) groups is 2. The average Bonchev–Trinajstić information content (AvgIpc) is 3.08. The lowest BCUT2D eigenvalue weighted by atomic mass is 10.3. The van der Waals surface area contributed by atoms with Crippen LogP contribution < -0.4 is 5.32 Å². The van der Waals surface area contributed by atoms with Crippen LogP contribution in [0, 0.1) is 0 Å². The first kappa shape index (κ1) is 13.8. The number of carboxylic acids is 1. The van der Waals surface area contributed by atoms with Gasteiger partial charge in [0, 0.05) is 31.7 Å². The van der Waals surface area contributed by atoms with Crippen molar-refractivity contribution < 1.29 is 14.7 Å². The Balaban J connectivity index is 1.80. The summed E-state index contributed by atoms with van der Waals surface area (Å²) in [7, 11) is 0. The van der Waals surface area contributed by atoms with Crippen molar-refractivity contribution in [2.75, 3.05) is 6.54 Å². The van der Waals surface area contributed by atoms with Crippen LogP contribution in [0.15, 0.2) is 31.0 Å². The first-order valence-corrected chi connectivity index (χ1v) is 6.10. The molecule has 0 bridgehead atoms. The molecule has 2 rings (SSSR count). The maximum absolute atomic E-state index is 11.9. The van der Waals surface area contributed by atoms with E-state index in [9.17, 15) is 9.59 Å². The average molecular weight is 277 g/mol. The van der Waals surface area contributed by atoms with Gasteiger partial charge in [-0.05, 0) is 13.0 Å². The molecule has 2 aromatic heterocycles. The molecule has 0 aliphatic rings. The van der Waals surface area contributed by atoms with Crippen LogP contribution in [0.4, 0.5) is 0 Å². The zero-order valence-electron chi connectivity index (χ0n) is 10.9. The quantitative estimate of drug-likeness (QED) is 0.782. The van der Waals surface area contributed by atoms with Gasteiger partial charge >= 0.3 is 5.97 Å². The Morgan fingerprint density at radius 3 is 2.90 bits per heavy atom. The van der Waals surface area contributed by atoms with Gasteiger partial charge in [0.05, 0.1) is 6.33 Å². The summed E-state index contributed by atoms with van der Waals surface area (Å²) in [6.45, 7) is 2.60. The molecule has 0 radical (unpaired) electrons. The molecule has 0 saturated heterocycles. The van der Waals surface area contributed by atoms with Crippen LogP contribution in [0.2, 0.25) is 0 Å². The monoisotopic (exact) mass is 277 g/mol. The van der Waals surface area contributed by atoms with Crippen molar-refractivity contribution in [1.82, 2.24) is 24.6 Å². The molecular formula is C12H15N5O3. The highest BCUT2D eigenvalue weighted by atomic mass is 16.4. The summed E-state index contributed by atoms with van der Waals surface area (Å²) in [5.74, 6) is -1.22. The Hall–Kier alpha value is -2.64. The molecule has 8 heteroatoms. The van der Waals surface area contributed by atoms with Gasteiger partial charge in [-0.25, -0.2) is 9.78 Å². The zero-order chi connectivity index (χ0) is 14.5. The smallest absolute Gasteiger partial charge is 0.356 e. The lowest BCUT2D eigenvalue weighted by molar-refractivity contribution is -0.124. The first-order valence-electron chi connectivity index (χ1n) is 6.10. The van der Waals surface area contributed by atoms with Crippen LogP contribution >= 0.6 is 0 Å². The number of imidazole rings is 1. The van der Waals surface area contributed by atoms with Gasteiger partial charge in [0.15, 0.2) is 5.69 Å². The molecule has 1 unspecified atom stereocenters. The Kier molecular flexibility index (Phi) is 4.14. The molecule has 20 heavy (non-hydrogen) atoms. The van der Waals surface area contributed by atoms with E-state index in [0.717, 1.165) is 0 Å². The van der Waals surface area contributed by atoms with Crippen LogP contribution in [0.25, 0.3) is 0 Å². The minimum atomic E-state index is -1.07. The van der Waals surface area contributed by atoms with E-state index in [4.69, 9.17) is 5.11 Å². The SMILES string of the molecule is CC(C(=O)NCCn1cnc(C(=O)O)c1)n1cccn1. The van der Waals surface area contributed by atoms with Crippen molar-refractivity contribution in [3.8, 4) is 0 Å². The molecule has 1 amide bonds. The van der Waals surface area contributed by atoms with Gasteiger partial charge in [-0.3, -0.25) is 9.48 Å². The lowest BCUT2D eigenvalue weighted by Crippen LogP contribution is -2.33. The summed E-state index contributed by atoms with van der Waals surface area (Å²) in [5.41, 5.74) is -0.0127. The summed E-state index contributed by atoms with van der Waals surface area (Å²) in [5, 5.41) is 15.5. The predicted molar refractivity (Wildman–Crippen MR) is 69.1 cm³/mol. The number of nitrogens with zero attached hydrogens (tertiary/aromatic N) is 4. The number of amides is 1. The molecule has 2 aromatic rings. The second-order valence-electron chi connectivity index (χ2n) is 4.25. The van der Waals surface area contributed by atoms with E-state index in [0.29, 0.717) is 13.1 Å². The fourth-order valence-corrected chi connectivity index (χ4v) is 1.68. The van der Waals surface area contributed by atoms with Gasteiger partial charge < -0.3 is 15.0 Å². The van der Waals surface area contributed by atoms with Gasteiger partial charge in [0.25, 0.3) is 0 Å². The highest BCUT2D eigenvalue weighted by Gasteiger charge is 2.14. The first-order chi connectivity index (χ1) is 9.58. The van der Waals surface area contributed by atoms with Gasteiger partial charge in [0.2, 0.25) is 5.91 Å². The molecule has 8 nitrogen and oxygen atoms in total. The Morgan fingerprint density at radius 2 is 2.30 bits per heavy atom. The standard InChI is InChI=1S/C12H15N5O3/c1-9(17-5-2-3-15-17)11(18)13-4-6-16-7-10(12(19)20)14-8-16/h2-3,5,7-9H,4,6H2,1H3,(H,13,18)(H,19,20). The van der Waals surface area contributed by atoms with Crippen molar-refractivity contribution in [1.29, 1.82) is 0 Å². The van der Waals surface area contributed by atoms with E-state index >= 15 is 0 Å². The Morgan fingerprint density at radius 1 is 1.50 bits per heavy atom. The Labute approximate surface area is 115 Å². The van der Waals surface area contributed by atoms with E-state index in [1.807, 2.05) is 0 Å². The number of aromatic nitrogens is 4. The molecule has 0 fully saturated rings. The van der Waals surface area contributed by atoms with Crippen LogP contribution in [0.5, 0.6) is 0 Å². The van der Waals surface area contributed by atoms with Crippen molar-refractivity contribution in [3.63, 3.8) is 0 Å². The molecule has 0 aliphatic carbocycles. The van der Waals surface area contributed by atoms with E-state index in [2.05, 4.69) is 15.4 Å². The molecule has 0 spiro atoms. The van der Waals surface area contributed by atoms with Crippen LogP contribution in [-0.4, -0.2) is 42.9 Å². The number of aromatic carboxylic acids is 1. The van der Waals surface area contributed by atoms with Crippen LogP contribution in [0.1, 0.15) is 23.5 Å². The summed E-state index contributed by atoms with van der Waals surface area (Å²) >= 11 is 0. The van der Waals surface area contributed by atoms with Crippen LogP contribution in [0.3, 0.4) is 0 Å². The third-order valence-electron chi connectivity index (χ3n) is 2.82. The molecule has 0 saturated carbocycles. The maximum Gasteiger partial charge on any atom is 0.356 e. The summed E-state index contributed by atoms with van der Waals surface area (Å²) < 4.78 is 3.18. The number of rotatable bonds is 6. The molecule has 2 N–H and O–H groups in total. The zero-order valence-corrected chi connectivity index (χ0v) is 10.9. The van der Waals surface area contributed by atoms with Crippen molar-refractivity contribution >= 4 is 11.9 Å². The highest BCUT2D eigenvalue weighted by molar-refractivity contribution is 5.84. The Bertz CT molecular complexity index is 590. The lowest BCUT2D eigenvalue weighted by Gasteiger charge is -2.12. The number of carboxylic acid groups (broad SMARTS) is 1. The van der Waals surface area contributed by atoms with Crippen molar-refractivity contribution in [2.24, 2.45) is 0 Å². The van der Waals surface area contributed by atoms with Crippen molar-refractivity contribution in [3.05, 3.63) is 36.7 Å². The van der Waals surface area contributed by atoms with E-state index in [1.165, 1.54) is 12.5 Å². The second-order valence-corrected chi connectivity index (χ2v) is 4.25. The van der Waals surface area contributed by atoms with Gasteiger partial charge in [-0.2, -0.15) is 5.10 Å². The normalized spacial score (nSPS) is 12.1. The highest BCUT2D eigenvalue weighted by Crippen LogP contribution is 2.02. The summed E-state index contributed by atoms with van der Waals surface area (Å²) in [6, 6.07) is 1.37. The minimum Gasteiger partial charge on any atom is -0.476 e. The fourth-order valence-electron chi connectivity index (χ4n) is 1.68. The molecule has 2 heterocycles. The molecule has 106 valence electrons. The number of nitrogens with one attached hydrogen (secondary N) is 1. The third-order valence-corrected chi connectivity index (χ3v) is 2.82. The van der Waals surface area contributed by atoms with Crippen LogP contribution in [-0.2, 0) is 11.3 Å². The molecule has 0 aliphatic heterocycles. The second kappa shape index (κ2) is 6.00. The largest absolute Gasteiger partial charge is 0.476 e. The molecule has 0 aromatic carbocycles. The predicted octanol–water partition coefficient (Wildman–Crippen LogP) is 0.155. The summed E-state index contributed by atoms with van der Waals surface area (Å²) in [4.78, 5) is 26.2. The molecular weight excluding hydrogens is 262 g/mol. The summed E-state index contributed by atoms with van der Waals surface area (Å²) in [6.07, 6.45) is 6.18. The van der Waals surface area contributed by atoms with Gasteiger partial charge in [0.1, 0.15) is 6.04 Å².